The summed E-state index contributed by atoms with van der Waals surface area (Å²) >= 11 is 5.92. The largest absolute Gasteiger partial charge is 0.379 e. The topological polar surface area (TPSA) is 54.0 Å². The first kappa shape index (κ1) is 16.3. The van der Waals surface area contributed by atoms with Crippen LogP contribution in [0.15, 0.2) is 36.7 Å². The molecule has 0 radical (unpaired) electrons. The lowest BCUT2D eigenvalue weighted by molar-refractivity contribution is 0.102. The van der Waals surface area contributed by atoms with Gasteiger partial charge in [0.1, 0.15) is 0 Å². The highest BCUT2D eigenvalue weighted by Crippen LogP contribution is 2.21. The highest BCUT2D eigenvalue weighted by atomic mass is 35.5. The molecule has 1 heterocycles. The number of nitrogens with zero attached hydrogens (tertiary/aromatic N) is 1. The molecule has 5 heteroatoms. The lowest BCUT2D eigenvalue weighted by Gasteiger charge is -2.22. The van der Waals surface area contributed by atoms with Crippen LogP contribution in [0.5, 0.6) is 0 Å². The summed E-state index contributed by atoms with van der Waals surface area (Å²) in [7, 11) is 0. The Morgan fingerprint density at radius 2 is 1.91 bits per heavy atom. The monoisotopic (exact) mass is 317 g/mol. The number of nitrogens with one attached hydrogen (secondary N) is 2. The minimum atomic E-state index is -0.199. The van der Waals surface area contributed by atoms with Gasteiger partial charge in [-0.25, -0.2) is 0 Å². The molecule has 0 aliphatic heterocycles. The summed E-state index contributed by atoms with van der Waals surface area (Å²) in [5.41, 5.74) is 2.88. The van der Waals surface area contributed by atoms with E-state index in [0.717, 1.165) is 16.9 Å². The van der Waals surface area contributed by atoms with Gasteiger partial charge in [-0.3, -0.25) is 9.78 Å². The van der Waals surface area contributed by atoms with Gasteiger partial charge in [0.2, 0.25) is 0 Å². The molecule has 2 rings (SSSR count). The van der Waals surface area contributed by atoms with Crippen molar-refractivity contribution in [1.29, 1.82) is 0 Å². The maximum atomic E-state index is 12.4. The van der Waals surface area contributed by atoms with Crippen LogP contribution in [0.4, 0.5) is 11.4 Å². The molecule has 0 aliphatic rings. The maximum absolute atomic E-state index is 12.4. The molecule has 1 amide bonds. The number of aromatic nitrogens is 1. The van der Waals surface area contributed by atoms with Crippen LogP contribution in [0.25, 0.3) is 0 Å². The third kappa shape index (κ3) is 4.46. The summed E-state index contributed by atoms with van der Waals surface area (Å²) in [5.74, 6) is -0.199. The smallest absolute Gasteiger partial charge is 0.257 e. The molecule has 2 N–H and O–H groups in total. The molecule has 1 aromatic heterocycles. The standard InChI is InChI=1S/C17H20ClN3O/c1-11-7-13(18)5-6-15(11)20-16(22)12-8-14(10-19-9-12)21-17(2,3)4/h5-10,21H,1-4H3,(H,20,22). The molecule has 22 heavy (non-hydrogen) atoms. The van der Waals surface area contributed by atoms with Crippen molar-refractivity contribution in [3.8, 4) is 0 Å². The van der Waals surface area contributed by atoms with Crippen molar-refractivity contribution < 1.29 is 4.79 Å². The van der Waals surface area contributed by atoms with Crippen LogP contribution in [0.1, 0.15) is 36.7 Å². The Morgan fingerprint density at radius 1 is 1.18 bits per heavy atom. The Morgan fingerprint density at radius 3 is 2.55 bits per heavy atom. The van der Waals surface area contributed by atoms with Crippen LogP contribution in [0.2, 0.25) is 5.02 Å². The second kappa shape index (κ2) is 6.36. The number of carbonyl (C=O) groups excluding carboxylic acids is 1. The molecule has 0 saturated carbocycles. The minimum Gasteiger partial charge on any atom is -0.379 e. The Balaban J connectivity index is 2.17. The van der Waals surface area contributed by atoms with Gasteiger partial charge in [-0.05, 0) is 57.5 Å². The molecule has 0 spiro atoms. The highest BCUT2D eigenvalue weighted by molar-refractivity contribution is 6.30. The van der Waals surface area contributed by atoms with Gasteiger partial charge in [-0.2, -0.15) is 0 Å². The summed E-state index contributed by atoms with van der Waals surface area (Å²) in [4.78, 5) is 16.5. The van der Waals surface area contributed by atoms with Crippen LogP contribution in [0.3, 0.4) is 0 Å². The number of anilines is 2. The van der Waals surface area contributed by atoms with Gasteiger partial charge >= 0.3 is 0 Å². The van der Waals surface area contributed by atoms with Crippen molar-refractivity contribution in [2.75, 3.05) is 10.6 Å². The zero-order valence-electron chi connectivity index (χ0n) is 13.2. The van der Waals surface area contributed by atoms with Gasteiger partial charge in [0.15, 0.2) is 0 Å². The number of pyridine rings is 1. The van der Waals surface area contributed by atoms with Gasteiger partial charge in [0.25, 0.3) is 5.91 Å². The predicted molar refractivity (Wildman–Crippen MR) is 91.8 cm³/mol. The average molecular weight is 318 g/mol. The van der Waals surface area contributed by atoms with E-state index < -0.39 is 0 Å². The molecule has 0 fully saturated rings. The van der Waals surface area contributed by atoms with Gasteiger partial charge in [-0.15, -0.1) is 0 Å². The van der Waals surface area contributed by atoms with Gasteiger partial charge in [0.05, 0.1) is 11.3 Å². The van der Waals surface area contributed by atoms with Crippen LogP contribution in [0, 0.1) is 6.92 Å². The minimum absolute atomic E-state index is 0.0937. The number of carbonyl (C=O) groups is 1. The number of amides is 1. The fourth-order valence-electron chi connectivity index (χ4n) is 2.03. The first-order valence-electron chi connectivity index (χ1n) is 7.05. The predicted octanol–water partition coefficient (Wildman–Crippen LogP) is 4.51. The van der Waals surface area contributed by atoms with Crippen LogP contribution < -0.4 is 10.6 Å². The van der Waals surface area contributed by atoms with Crippen molar-refractivity contribution in [3.63, 3.8) is 0 Å². The maximum Gasteiger partial charge on any atom is 0.257 e. The Bertz CT molecular complexity index is 693. The summed E-state index contributed by atoms with van der Waals surface area (Å²) in [6.45, 7) is 8.06. The first-order chi connectivity index (χ1) is 10.2. The summed E-state index contributed by atoms with van der Waals surface area (Å²) in [5, 5.41) is 6.82. The fourth-order valence-corrected chi connectivity index (χ4v) is 2.25. The third-order valence-corrected chi connectivity index (χ3v) is 3.19. The van der Waals surface area contributed by atoms with E-state index in [1.165, 1.54) is 0 Å². The number of rotatable bonds is 3. The molecule has 2 aromatic rings. The zero-order chi connectivity index (χ0) is 16.3. The normalized spacial score (nSPS) is 11.1. The molecule has 1 aromatic carbocycles. The fraction of sp³-hybridized carbons (Fsp3) is 0.294. The van der Waals surface area contributed by atoms with Gasteiger partial charge in [0, 0.05) is 28.6 Å². The van der Waals surface area contributed by atoms with E-state index >= 15 is 0 Å². The van der Waals surface area contributed by atoms with E-state index in [0.29, 0.717) is 10.6 Å². The lowest BCUT2D eigenvalue weighted by Crippen LogP contribution is -2.26. The Kier molecular flexibility index (Phi) is 4.71. The lowest BCUT2D eigenvalue weighted by atomic mass is 10.1. The van der Waals surface area contributed by atoms with E-state index in [2.05, 4.69) is 36.4 Å². The quantitative estimate of drug-likeness (QED) is 0.876. The number of halogens is 1. The number of hydrogen-bond acceptors (Lipinski definition) is 3. The Labute approximate surface area is 135 Å². The second-order valence-electron chi connectivity index (χ2n) is 6.25. The summed E-state index contributed by atoms with van der Waals surface area (Å²) in [6.07, 6.45) is 3.25. The number of aryl methyl sites for hydroxylation is 1. The van der Waals surface area contributed by atoms with Crippen LogP contribution in [-0.2, 0) is 0 Å². The van der Waals surface area contributed by atoms with Crippen molar-refractivity contribution in [2.24, 2.45) is 0 Å². The average Bonchev–Trinajstić information content (AvgIpc) is 2.40. The van der Waals surface area contributed by atoms with E-state index in [1.54, 1.807) is 30.6 Å². The van der Waals surface area contributed by atoms with Gasteiger partial charge < -0.3 is 10.6 Å². The SMILES string of the molecule is Cc1cc(Cl)ccc1NC(=O)c1cncc(NC(C)(C)C)c1. The molecule has 116 valence electrons. The van der Waals surface area contributed by atoms with Crippen LogP contribution in [-0.4, -0.2) is 16.4 Å². The second-order valence-corrected chi connectivity index (χ2v) is 6.69. The summed E-state index contributed by atoms with van der Waals surface area (Å²) in [6, 6.07) is 7.14. The van der Waals surface area contributed by atoms with E-state index in [-0.39, 0.29) is 11.4 Å². The third-order valence-electron chi connectivity index (χ3n) is 2.96. The molecule has 0 unspecified atom stereocenters. The zero-order valence-corrected chi connectivity index (χ0v) is 14.0. The number of benzene rings is 1. The van der Waals surface area contributed by atoms with E-state index in [9.17, 15) is 4.79 Å². The summed E-state index contributed by atoms with van der Waals surface area (Å²) < 4.78 is 0. The molecular formula is C17H20ClN3O. The molecule has 4 nitrogen and oxygen atoms in total. The molecule has 0 bridgehead atoms. The number of hydrogen-bond donors (Lipinski definition) is 2. The highest BCUT2D eigenvalue weighted by Gasteiger charge is 2.13. The van der Waals surface area contributed by atoms with Gasteiger partial charge in [-0.1, -0.05) is 11.6 Å². The molecule has 0 aliphatic carbocycles. The first-order valence-corrected chi connectivity index (χ1v) is 7.43. The molecule has 0 atom stereocenters. The van der Waals surface area contributed by atoms with Crippen molar-refractivity contribution >= 4 is 28.9 Å². The Hall–Kier alpha value is -2.07. The molecule has 0 saturated heterocycles. The van der Waals surface area contributed by atoms with Crippen LogP contribution >= 0.6 is 11.6 Å². The van der Waals surface area contributed by atoms with Crippen molar-refractivity contribution in [2.45, 2.75) is 33.2 Å². The van der Waals surface area contributed by atoms with E-state index in [1.807, 2.05) is 13.0 Å². The van der Waals surface area contributed by atoms with Crippen molar-refractivity contribution in [1.82, 2.24) is 4.98 Å². The van der Waals surface area contributed by atoms with E-state index in [4.69, 9.17) is 11.6 Å². The molecular weight excluding hydrogens is 298 g/mol. The van der Waals surface area contributed by atoms with Crippen molar-refractivity contribution in [3.05, 3.63) is 52.8 Å².